The summed E-state index contributed by atoms with van der Waals surface area (Å²) in [5.41, 5.74) is 8.11. The van der Waals surface area contributed by atoms with Crippen LogP contribution in [-0.2, 0) is 20.2 Å². The van der Waals surface area contributed by atoms with E-state index < -0.39 is 37.8 Å². The minimum absolute atomic E-state index is 0.0834. The Morgan fingerprint density at radius 3 is 1.34 bits per heavy atom. The molecule has 25 heteroatoms. The molecule has 0 heterocycles. The lowest BCUT2D eigenvalue weighted by atomic mass is 9.92. The number of carbonyl (C=O) groups excluding carboxylic acids is 1. The highest BCUT2D eigenvalue weighted by Crippen LogP contribution is 2.38. The Kier molecular flexibility index (Phi) is 20.4. The number of hydrogen-bond acceptors (Lipinski definition) is 18. The lowest BCUT2D eigenvalue weighted by Gasteiger charge is -2.15. The first-order chi connectivity index (χ1) is 36.7. The zero-order valence-corrected chi connectivity index (χ0v) is 45.0. The summed E-state index contributed by atoms with van der Waals surface area (Å²) in [6.45, 7) is 11.9. The maximum absolute atomic E-state index is 13.3. The van der Waals surface area contributed by atoms with Gasteiger partial charge in [0, 0.05) is 23.9 Å². The van der Waals surface area contributed by atoms with Gasteiger partial charge < -0.3 is 34.3 Å². The number of carbonyl (C=O) groups is 1. The Labute approximate surface area is 448 Å². The third-order valence-electron chi connectivity index (χ3n) is 10.9. The summed E-state index contributed by atoms with van der Waals surface area (Å²) in [5, 5.41) is 40.9. The molecule has 0 aromatic heterocycles. The molecule has 0 aliphatic heterocycles. The molecule has 0 spiro atoms. The van der Waals surface area contributed by atoms with Crippen LogP contribution in [0.15, 0.2) is 138 Å². The van der Waals surface area contributed by atoms with Gasteiger partial charge in [-0.2, -0.15) is 47.5 Å². The van der Waals surface area contributed by atoms with Crippen molar-refractivity contribution in [2.45, 2.75) is 54.4 Å². The van der Waals surface area contributed by atoms with E-state index in [2.05, 4.69) is 51.5 Å². The molecule has 0 aliphatic carbocycles. The predicted molar refractivity (Wildman–Crippen MR) is 294 cm³/mol. The van der Waals surface area contributed by atoms with Crippen LogP contribution < -0.4 is 39.8 Å². The maximum Gasteiger partial charge on any atom is 0.323 e. The number of methoxy groups -OCH3 is 1. The van der Waals surface area contributed by atoms with Gasteiger partial charge in [-0.05, 0) is 156 Å². The molecular formula is C52H57BN10O12S2. The van der Waals surface area contributed by atoms with E-state index in [1.54, 1.807) is 91.0 Å². The topological polar surface area (TPSA) is 295 Å². The van der Waals surface area contributed by atoms with Crippen LogP contribution in [0, 0.1) is 27.7 Å². The lowest BCUT2D eigenvalue weighted by Crippen LogP contribution is -2.24. The van der Waals surface area contributed by atoms with Crippen molar-refractivity contribution in [3.63, 3.8) is 0 Å². The van der Waals surface area contributed by atoms with Crippen LogP contribution in [0.3, 0.4) is 0 Å². The SMILES string of the molecule is [B]c1cc(N=Nc2ccc(N=Nc3ccc(OCCCS(=O)(=O)O)cc3OCC)c(C)c2)c(C)cc1NC(=O)Nc1cc(C)c(N=Nc2ccc(N=Nc3ccc(OCCCS(=O)(=O)O)cc3OCC)c(C)c2)cc1OC. The van der Waals surface area contributed by atoms with Crippen LogP contribution in [0.4, 0.5) is 61.7 Å². The Morgan fingerprint density at radius 1 is 0.494 bits per heavy atom. The Morgan fingerprint density at radius 2 is 0.896 bits per heavy atom. The van der Waals surface area contributed by atoms with Crippen LogP contribution >= 0.6 is 0 Å². The highest BCUT2D eigenvalue weighted by molar-refractivity contribution is 7.86. The molecule has 6 aromatic rings. The molecule has 2 radical (unpaired) electrons. The zero-order chi connectivity index (χ0) is 55.7. The average molecular weight is 1090 g/mol. The zero-order valence-electron chi connectivity index (χ0n) is 43.3. The highest BCUT2D eigenvalue weighted by atomic mass is 32.2. The molecule has 0 bridgehead atoms. The van der Waals surface area contributed by atoms with Gasteiger partial charge in [-0.1, -0.05) is 5.46 Å². The van der Waals surface area contributed by atoms with Crippen molar-refractivity contribution in [2.24, 2.45) is 40.9 Å². The monoisotopic (exact) mass is 1090 g/mol. The number of amides is 2. The average Bonchev–Trinajstić information content (AvgIpc) is 3.37. The summed E-state index contributed by atoms with van der Waals surface area (Å²) >= 11 is 0. The first-order valence-corrected chi connectivity index (χ1v) is 27.2. The van der Waals surface area contributed by atoms with Gasteiger partial charge in [-0.25, -0.2) is 4.79 Å². The molecule has 0 saturated carbocycles. The molecule has 0 saturated heterocycles. The minimum Gasteiger partial charge on any atom is -0.494 e. The van der Waals surface area contributed by atoms with Crippen LogP contribution in [0.2, 0.25) is 0 Å². The van der Waals surface area contributed by atoms with E-state index in [0.717, 1.165) is 11.1 Å². The molecule has 2 amide bonds. The van der Waals surface area contributed by atoms with Gasteiger partial charge in [0.1, 0.15) is 48.0 Å². The Bertz CT molecular complexity index is 3450. The van der Waals surface area contributed by atoms with E-state index in [-0.39, 0.29) is 31.5 Å². The predicted octanol–water partition coefficient (Wildman–Crippen LogP) is 13.1. The van der Waals surface area contributed by atoms with Crippen LogP contribution in [0.5, 0.6) is 28.7 Å². The van der Waals surface area contributed by atoms with Crippen molar-refractivity contribution in [1.29, 1.82) is 0 Å². The standard InChI is InChI=1S/C52H57BN10O12S2/c1-8-72-50-28-38(74-20-10-22-76(65,66)67)14-18-43(50)60-58-41-16-12-36(24-32(41)3)56-62-45-30-40(53)47(26-34(45)5)54-52(64)55-48-27-35(6)46(31-49(48)71-7)63-57-37-13-17-42(33(4)25-37)59-61-44-19-15-39(29-51(44)73-9-2)75-21-11-23-77(68,69)70/h12-19,24-31H,8-11,20-23H2,1-7H3,(H2,54,55,64)(H,65,66,67)(H,68,69,70). The molecule has 0 unspecified atom stereocenters. The van der Waals surface area contributed by atoms with E-state index in [4.69, 9.17) is 40.6 Å². The molecule has 6 rings (SSSR count). The van der Waals surface area contributed by atoms with E-state index in [0.29, 0.717) is 110 Å². The number of nitrogens with zero attached hydrogens (tertiary/aromatic N) is 8. The first kappa shape index (κ1) is 58.1. The van der Waals surface area contributed by atoms with Crippen molar-refractivity contribution in [2.75, 3.05) is 55.7 Å². The minimum atomic E-state index is -4.07. The van der Waals surface area contributed by atoms with Crippen molar-refractivity contribution in [3.8, 4) is 28.7 Å². The largest absolute Gasteiger partial charge is 0.494 e. The fraction of sp³-hybridized carbons (Fsp3) is 0.288. The van der Waals surface area contributed by atoms with Crippen LogP contribution in [-0.4, -0.2) is 84.9 Å². The maximum atomic E-state index is 13.3. The van der Waals surface area contributed by atoms with Gasteiger partial charge in [0.15, 0.2) is 0 Å². The summed E-state index contributed by atoms with van der Waals surface area (Å²) < 4.78 is 90.1. The molecule has 0 fully saturated rings. The van der Waals surface area contributed by atoms with Crippen molar-refractivity contribution < 1.29 is 54.4 Å². The quantitative estimate of drug-likeness (QED) is 0.0180. The number of ether oxygens (including phenoxy) is 5. The number of nitrogens with one attached hydrogen (secondary N) is 2. The van der Waals surface area contributed by atoms with E-state index >= 15 is 0 Å². The molecule has 6 aromatic carbocycles. The van der Waals surface area contributed by atoms with Gasteiger partial charge in [-0.15, -0.1) is 10.2 Å². The molecule has 0 aliphatic rings. The van der Waals surface area contributed by atoms with Gasteiger partial charge in [-0.3, -0.25) is 9.11 Å². The number of hydrogen-bond donors (Lipinski definition) is 4. The smallest absolute Gasteiger partial charge is 0.323 e. The second-order valence-corrected chi connectivity index (χ2v) is 20.1. The number of benzene rings is 6. The summed E-state index contributed by atoms with van der Waals surface area (Å²) in [6, 6.07) is 26.7. The fourth-order valence-electron chi connectivity index (χ4n) is 7.06. The normalized spacial score (nSPS) is 12.0. The van der Waals surface area contributed by atoms with Gasteiger partial charge in [0.2, 0.25) is 0 Å². The second kappa shape index (κ2) is 27.1. The van der Waals surface area contributed by atoms with Crippen molar-refractivity contribution in [1.82, 2.24) is 0 Å². The summed E-state index contributed by atoms with van der Waals surface area (Å²) in [4.78, 5) is 13.3. The third kappa shape index (κ3) is 18.0. The van der Waals surface area contributed by atoms with E-state index in [1.807, 2.05) is 47.6 Å². The summed E-state index contributed by atoms with van der Waals surface area (Å²) in [6.07, 6.45) is 0.241. The Hall–Kier alpha value is -8.13. The number of urea groups is 1. The molecule has 77 heavy (non-hydrogen) atoms. The van der Waals surface area contributed by atoms with Gasteiger partial charge >= 0.3 is 6.03 Å². The molecular weight excluding hydrogens is 1030 g/mol. The second-order valence-electron chi connectivity index (χ2n) is 17.0. The fourth-order valence-corrected chi connectivity index (χ4v) is 8.03. The molecule has 0 atom stereocenters. The van der Waals surface area contributed by atoms with Crippen LogP contribution in [0.1, 0.15) is 48.9 Å². The first-order valence-electron chi connectivity index (χ1n) is 24.0. The summed E-state index contributed by atoms with van der Waals surface area (Å²) in [5.74, 6) is 1.28. The van der Waals surface area contributed by atoms with Gasteiger partial charge in [0.25, 0.3) is 20.2 Å². The number of azo groups is 4. The van der Waals surface area contributed by atoms with Crippen molar-refractivity contribution in [3.05, 3.63) is 119 Å². The lowest BCUT2D eigenvalue weighted by molar-refractivity contribution is 0.262. The number of aryl methyl sites for hydroxylation is 4. The van der Waals surface area contributed by atoms with E-state index in [9.17, 15) is 21.6 Å². The number of anilines is 2. The Balaban J connectivity index is 1.04. The molecule has 4 N–H and O–H groups in total. The van der Waals surface area contributed by atoms with Gasteiger partial charge in [0.05, 0.1) is 84.9 Å². The van der Waals surface area contributed by atoms with E-state index in [1.165, 1.54) is 7.11 Å². The molecule has 22 nitrogen and oxygen atoms in total. The third-order valence-corrected chi connectivity index (χ3v) is 12.5. The number of rotatable bonds is 25. The highest BCUT2D eigenvalue weighted by Gasteiger charge is 2.15. The van der Waals surface area contributed by atoms with Crippen LogP contribution in [0.25, 0.3) is 0 Å². The van der Waals surface area contributed by atoms with Crippen molar-refractivity contribution >= 4 is 96.5 Å². The molecule has 402 valence electrons. The summed E-state index contributed by atoms with van der Waals surface area (Å²) in [7, 11) is -0.277.